The Labute approximate surface area is 197 Å². The first-order valence-electron chi connectivity index (χ1n) is 10.1. The first-order valence-corrected chi connectivity index (χ1v) is 10.5. The molecule has 0 saturated carbocycles. The van der Waals surface area contributed by atoms with Crippen molar-refractivity contribution in [2.24, 2.45) is 14.1 Å². The minimum absolute atomic E-state index is 0.190. The molecule has 4 aromatic rings. The largest absolute Gasteiger partial charge is 0.501 e. The molecule has 4 rings (SSSR count). The minimum atomic E-state index is -0.815. The summed E-state index contributed by atoms with van der Waals surface area (Å²) in [4.78, 5) is 29.9. The summed E-state index contributed by atoms with van der Waals surface area (Å²) >= 11 is 6.39. The molecule has 2 atom stereocenters. The van der Waals surface area contributed by atoms with E-state index in [2.05, 4.69) is 25.1 Å². The average molecular weight is 487 g/mol. The molecule has 3 aromatic heterocycles. The van der Waals surface area contributed by atoms with Crippen molar-refractivity contribution in [1.82, 2.24) is 24.5 Å². The maximum Gasteiger partial charge on any atom is 0.296 e. The van der Waals surface area contributed by atoms with Crippen molar-refractivity contribution in [1.29, 1.82) is 0 Å². The first kappa shape index (κ1) is 23.2. The van der Waals surface area contributed by atoms with E-state index in [-0.39, 0.29) is 16.5 Å². The fraction of sp³-hybridized carbons (Fsp3) is 0.227. The lowest BCUT2D eigenvalue weighted by atomic mass is 9.82. The molecule has 2 N–H and O–H groups in total. The van der Waals surface area contributed by atoms with Gasteiger partial charge in [-0.05, 0) is 23.3 Å². The van der Waals surface area contributed by atoms with Crippen LogP contribution in [-0.4, -0.2) is 35.5 Å². The lowest BCUT2D eigenvalue weighted by molar-refractivity contribution is 0.101. The highest BCUT2D eigenvalue weighted by molar-refractivity contribution is 6.31. The molecule has 12 heteroatoms. The number of halogens is 2. The Balaban J connectivity index is 1.84. The number of aromatic hydroxyl groups is 1. The number of anilines is 1. The molecule has 10 nitrogen and oxygen atoms in total. The number of amides is 1. The Morgan fingerprint density at radius 2 is 2.06 bits per heavy atom. The molecule has 0 aliphatic carbocycles. The molecule has 1 aromatic carbocycles. The van der Waals surface area contributed by atoms with Crippen molar-refractivity contribution >= 4 is 23.2 Å². The summed E-state index contributed by atoms with van der Waals surface area (Å²) in [7, 11) is 3.19. The topological polar surface area (TPSA) is 128 Å². The number of benzene rings is 1. The predicted octanol–water partition coefficient (Wildman–Crippen LogP) is 3.19. The van der Waals surface area contributed by atoms with Gasteiger partial charge in [-0.1, -0.05) is 29.7 Å². The third kappa shape index (κ3) is 4.29. The maximum atomic E-state index is 13.8. The molecule has 0 fully saturated rings. The Bertz CT molecular complexity index is 1420. The summed E-state index contributed by atoms with van der Waals surface area (Å²) in [6.07, 6.45) is 5.86. The molecule has 3 heterocycles. The van der Waals surface area contributed by atoms with Crippen LogP contribution < -0.4 is 10.9 Å². The summed E-state index contributed by atoms with van der Waals surface area (Å²) in [5.74, 6) is -2.96. The molecule has 1 amide bonds. The molecule has 0 aliphatic heterocycles. The molecule has 0 radical (unpaired) electrons. The van der Waals surface area contributed by atoms with Crippen LogP contribution in [0.1, 0.15) is 46.2 Å². The smallest absolute Gasteiger partial charge is 0.296 e. The molecule has 0 unspecified atom stereocenters. The number of carbonyl (C=O) groups is 1. The molecule has 0 aliphatic rings. The van der Waals surface area contributed by atoms with E-state index in [1.54, 1.807) is 37.1 Å². The lowest BCUT2D eigenvalue weighted by Crippen LogP contribution is -2.29. The number of nitrogens with one attached hydrogen (secondary N) is 1. The zero-order chi connectivity index (χ0) is 24.6. The third-order valence-corrected chi connectivity index (χ3v) is 5.82. The Kier molecular flexibility index (Phi) is 6.20. The number of carbonyl (C=O) groups excluding carboxylic acids is 1. The highest BCUT2D eigenvalue weighted by Crippen LogP contribution is 2.40. The third-order valence-electron chi connectivity index (χ3n) is 5.50. The SMILES string of the molecule is C[C@@H](c1nc(C(=O)Nc2cnoc2)c(O)c(=O)n1C)[C@H](c1cnn(C)c1)c1ccc(F)cc1Cl. The fourth-order valence-corrected chi connectivity index (χ4v) is 4.16. The number of aryl methyl sites for hydroxylation is 1. The molecule has 176 valence electrons. The van der Waals surface area contributed by atoms with E-state index in [0.29, 0.717) is 5.56 Å². The van der Waals surface area contributed by atoms with Gasteiger partial charge in [0.2, 0.25) is 5.75 Å². The number of hydrogen-bond donors (Lipinski definition) is 2. The van der Waals surface area contributed by atoms with Crippen LogP contribution in [0.3, 0.4) is 0 Å². The Hall–Kier alpha value is -3.99. The standard InChI is InChI=1S/C22H20ClFN6O4/c1-11(17(12-7-25-29(2)9-12)15-5-4-13(24)6-16(15)23)20-28-18(19(31)22(33)30(20)3)21(32)27-14-8-26-34-10-14/h4-11,17,31H,1-3H3,(H,27,32)/t11-,17-/m1/s1. The second kappa shape index (κ2) is 9.10. The van der Waals surface area contributed by atoms with Crippen molar-refractivity contribution in [2.75, 3.05) is 5.32 Å². The van der Waals surface area contributed by atoms with E-state index in [1.165, 1.54) is 31.6 Å². The lowest BCUT2D eigenvalue weighted by Gasteiger charge is -2.26. The summed E-state index contributed by atoms with van der Waals surface area (Å²) in [5.41, 5.74) is 0.291. The van der Waals surface area contributed by atoms with Gasteiger partial charge in [-0.25, -0.2) is 9.37 Å². The maximum absolute atomic E-state index is 13.8. The molecular formula is C22H20ClFN6O4. The van der Waals surface area contributed by atoms with Crippen LogP contribution in [-0.2, 0) is 14.1 Å². The number of aromatic nitrogens is 5. The van der Waals surface area contributed by atoms with Gasteiger partial charge in [-0.2, -0.15) is 5.10 Å². The van der Waals surface area contributed by atoms with Crippen LogP contribution in [0.2, 0.25) is 5.02 Å². The van der Waals surface area contributed by atoms with Gasteiger partial charge < -0.3 is 14.9 Å². The van der Waals surface area contributed by atoms with E-state index in [0.717, 1.165) is 10.1 Å². The molecule has 0 bridgehead atoms. The highest BCUT2D eigenvalue weighted by atomic mass is 35.5. The summed E-state index contributed by atoms with van der Waals surface area (Å²) in [6, 6.07) is 4.05. The summed E-state index contributed by atoms with van der Waals surface area (Å²) in [6.45, 7) is 1.79. The van der Waals surface area contributed by atoms with Crippen molar-refractivity contribution in [2.45, 2.75) is 18.8 Å². The van der Waals surface area contributed by atoms with Gasteiger partial charge >= 0.3 is 0 Å². The normalized spacial score (nSPS) is 13.0. The van der Waals surface area contributed by atoms with Crippen LogP contribution in [0, 0.1) is 5.82 Å². The second-order valence-corrected chi connectivity index (χ2v) is 8.19. The van der Waals surface area contributed by atoms with Crippen LogP contribution in [0.5, 0.6) is 5.75 Å². The second-order valence-electron chi connectivity index (χ2n) is 7.78. The number of hydrogen-bond acceptors (Lipinski definition) is 7. The van der Waals surface area contributed by atoms with Gasteiger partial charge in [0.25, 0.3) is 11.5 Å². The van der Waals surface area contributed by atoms with Crippen molar-refractivity contribution in [3.05, 3.63) is 86.9 Å². The Morgan fingerprint density at radius 3 is 2.68 bits per heavy atom. The van der Waals surface area contributed by atoms with E-state index in [4.69, 9.17) is 11.6 Å². The molecule has 0 spiro atoms. The number of nitrogens with zero attached hydrogens (tertiary/aromatic N) is 5. The van der Waals surface area contributed by atoms with Gasteiger partial charge in [-0.3, -0.25) is 18.8 Å². The van der Waals surface area contributed by atoms with Gasteiger partial charge in [0, 0.05) is 37.2 Å². The van der Waals surface area contributed by atoms with Crippen LogP contribution in [0.15, 0.2) is 52.4 Å². The summed E-state index contributed by atoms with van der Waals surface area (Å²) < 4.78 is 21.2. The van der Waals surface area contributed by atoms with Crippen molar-refractivity contribution in [3.63, 3.8) is 0 Å². The monoisotopic (exact) mass is 486 g/mol. The average Bonchev–Trinajstić information content (AvgIpc) is 3.45. The zero-order valence-electron chi connectivity index (χ0n) is 18.4. The quantitative estimate of drug-likeness (QED) is 0.428. The van der Waals surface area contributed by atoms with Gasteiger partial charge in [0.1, 0.15) is 23.6 Å². The van der Waals surface area contributed by atoms with Crippen molar-refractivity contribution in [3.8, 4) is 5.75 Å². The van der Waals surface area contributed by atoms with E-state index >= 15 is 0 Å². The van der Waals surface area contributed by atoms with Crippen LogP contribution in [0.25, 0.3) is 0 Å². The summed E-state index contributed by atoms with van der Waals surface area (Å²) in [5, 5.41) is 20.7. The fourth-order valence-electron chi connectivity index (χ4n) is 3.87. The first-order chi connectivity index (χ1) is 16.2. The molecule has 0 saturated heterocycles. The van der Waals surface area contributed by atoms with Gasteiger partial charge in [-0.15, -0.1) is 0 Å². The van der Waals surface area contributed by atoms with Gasteiger partial charge in [0.05, 0.1) is 12.4 Å². The van der Waals surface area contributed by atoms with Gasteiger partial charge in [0.15, 0.2) is 5.69 Å². The van der Waals surface area contributed by atoms with E-state index in [1.807, 2.05) is 0 Å². The molecule has 34 heavy (non-hydrogen) atoms. The van der Waals surface area contributed by atoms with Crippen molar-refractivity contribution < 1.29 is 18.8 Å². The number of rotatable bonds is 6. The predicted molar refractivity (Wildman–Crippen MR) is 120 cm³/mol. The highest BCUT2D eigenvalue weighted by Gasteiger charge is 2.31. The zero-order valence-corrected chi connectivity index (χ0v) is 19.1. The Morgan fingerprint density at radius 1 is 1.29 bits per heavy atom. The van der Waals surface area contributed by atoms with E-state index in [9.17, 15) is 19.1 Å². The van der Waals surface area contributed by atoms with E-state index < -0.39 is 40.6 Å². The molecular weight excluding hydrogens is 467 g/mol. The van der Waals surface area contributed by atoms with Crippen LogP contribution in [0.4, 0.5) is 10.1 Å². The van der Waals surface area contributed by atoms with Crippen LogP contribution >= 0.6 is 11.6 Å². The minimum Gasteiger partial charge on any atom is -0.501 e.